The number of carbonyl (C=O) groups is 1. The highest BCUT2D eigenvalue weighted by molar-refractivity contribution is 5.89. The Morgan fingerprint density at radius 3 is 2.75 bits per heavy atom. The van der Waals surface area contributed by atoms with E-state index in [9.17, 15) is 4.79 Å². The summed E-state index contributed by atoms with van der Waals surface area (Å²) in [5.74, 6) is 0. The number of nitrogens with one attached hydrogen (secondary N) is 1. The van der Waals surface area contributed by atoms with Crippen LogP contribution in [-0.2, 0) is 6.54 Å². The summed E-state index contributed by atoms with van der Waals surface area (Å²) in [5, 5.41) is 2.93. The normalized spacial score (nSPS) is 19.6. The first-order valence-electron chi connectivity index (χ1n) is 7.11. The first kappa shape index (κ1) is 14.8. The number of hydrogen-bond acceptors (Lipinski definition) is 3. The number of urea groups is 1. The summed E-state index contributed by atoms with van der Waals surface area (Å²) >= 11 is 0. The van der Waals surface area contributed by atoms with Gasteiger partial charge in [0.2, 0.25) is 0 Å². The molecule has 0 aliphatic carbocycles. The Bertz CT molecular complexity index is 446. The minimum absolute atomic E-state index is 0.0502. The van der Waals surface area contributed by atoms with Gasteiger partial charge in [0.25, 0.3) is 0 Å². The molecule has 2 amide bonds. The van der Waals surface area contributed by atoms with Crippen LogP contribution in [0.1, 0.15) is 18.4 Å². The van der Waals surface area contributed by atoms with E-state index in [-0.39, 0.29) is 12.1 Å². The number of likely N-dealkylation sites (tertiary alicyclic amines) is 1. The Labute approximate surface area is 120 Å². The predicted molar refractivity (Wildman–Crippen MR) is 81.6 cm³/mol. The van der Waals surface area contributed by atoms with Crippen LogP contribution < -0.4 is 11.1 Å². The number of amides is 2. The number of rotatable bonds is 3. The van der Waals surface area contributed by atoms with E-state index in [1.165, 1.54) is 0 Å². The molecule has 1 aromatic rings. The van der Waals surface area contributed by atoms with Crippen molar-refractivity contribution in [3.8, 4) is 0 Å². The average Bonchev–Trinajstić information content (AvgIpc) is 2.47. The number of anilines is 1. The fourth-order valence-electron chi connectivity index (χ4n) is 2.56. The van der Waals surface area contributed by atoms with E-state index in [2.05, 4.69) is 17.3 Å². The summed E-state index contributed by atoms with van der Waals surface area (Å²) in [4.78, 5) is 16.3. The molecule has 110 valence electrons. The van der Waals surface area contributed by atoms with E-state index in [0.29, 0.717) is 6.54 Å². The van der Waals surface area contributed by atoms with Gasteiger partial charge in [-0.15, -0.1) is 0 Å². The fourth-order valence-corrected chi connectivity index (χ4v) is 2.56. The van der Waals surface area contributed by atoms with Gasteiger partial charge in [0.05, 0.1) is 0 Å². The lowest BCUT2D eigenvalue weighted by molar-refractivity contribution is 0.148. The van der Waals surface area contributed by atoms with Crippen molar-refractivity contribution in [1.82, 2.24) is 9.80 Å². The molecule has 0 spiro atoms. The lowest BCUT2D eigenvalue weighted by Crippen LogP contribution is -2.48. The molecule has 1 heterocycles. The van der Waals surface area contributed by atoms with Crippen molar-refractivity contribution in [2.45, 2.75) is 25.4 Å². The number of nitrogens with zero attached hydrogens (tertiary/aromatic N) is 2. The summed E-state index contributed by atoms with van der Waals surface area (Å²) in [6, 6.07) is 7.89. The van der Waals surface area contributed by atoms with Gasteiger partial charge in [0.15, 0.2) is 0 Å². The lowest BCUT2D eigenvalue weighted by atomic mass is 10.1. The highest BCUT2D eigenvalue weighted by Gasteiger charge is 2.24. The maximum Gasteiger partial charge on any atom is 0.321 e. The number of benzene rings is 1. The van der Waals surface area contributed by atoms with Gasteiger partial charge in [0, 0.05) is 31.9 Å². The van der Waals surface area contributed by atoms with Crippen LogP contribution in [0.15, 0.2) is 24.3 Å². The first-order valence-corrected chi connectivity index (χ1v) is 7.11. The molecule has 3 N–H and O–H groups in total. The Hall–Kier alpha value is -1.59. The second kappa shape index (κ2) is 6.72. The maximum absolute atomic E-state index is 12.2. The molecule has 2 rings (SSSR count). The molecular formula is C15H24N4O. The Morgan fingerprint density at radius 2 is 2.15 bits per heavy atom. The van der Waals surface area contributed by atoms with Crippen LogP contribution in [0.2, 0.25) is 0 Å². The molecule has 1 aliphatic rings. The van der Waals surface area contributed by atoms with Crippen molar-refractivity contribution in [2.24, 2.45) is 5.73 Å². The average molecular weight is 276 g/mol. The van der Waals surface area contributed by atoms with Gasteiger partial charge in [-0.3, -0.25) is 0 Å². The molecule has 1 unspecified atom stereocenters. The SMILES string of the molecule is CN1CCCC(N(C)C(=O)Nc2ccc(CN)cc2)C1. The zero-order chi connectivity index (χ0) is 14.5. The molecule has 1 fully saturated rings. The number of piperidine rings is 1. The standard InChI is InChI=1S/C15H24N4O/c1-18-9-3-4-14(11-18)19(2)15(20)17-13-7-5-12(10-16)6-8-13/h5-8,14H,3-4,9-11,16H2,1-2H3,(H,17,20). The van der Waals surface area contributed by atoms with Crippen molar-refractivity contribution >= 4 is 11.7 Å². The molecule has 1 aromatic carbocycles. The van der Waals surface area contributed by atoms with E-state index in [1.807, 2.05) is 36.2 Å². The maximum atomic E-state index is 12.2. The van der Waals surface area contributed by atoms with Crippen LogP contribution in [0, 0.1) is 0 Å². The molecule has 0 saturated carbocycles. The highest BCUT2D eigenvalue weighted by Crippen LogP contribution is 2.15. The summed E-state index contributed by atoms with van der Waals surface area (Å²) in [5.41, 5.74) is 7.43. The van der Waals surface area contributed by atoms with E-state index in [0.717, 1.165) is 37.2 Å². The molecule has 1 aliphatic heterocycles. The summed E-state index contributed by atoms with van der Waals surface area (Å²) in [7, 11) is 3.97. The van der Waals surface area contributed by atoms with Gasteiger partial charge >= 0.3 is 6.03 Å². The fraction of sp³-hybridized carbons (Fsp3) is 0.533. The van der Waals surface area contributed by atoms with Crippen LogP contribution in [0.25, 0.3) is 0 Å². The van der Waals surface area contributed by atoms with Gasteiger partial charge < -0.3 is 20.9 Å². The van der Waals surface area contributed by atoms with Crippen LogP contribution >= 0.6 is 0 Å². The Balaban J connectivity index is 1.92. The second-order valence-electron chi connectivity index (χ2n) is 5.50. The minimum atomic E-state index is -0.0502. The van der Waals surface area contributed by atoms with Crippen LogP contribution in [-0.4, -0.2) is 49.1 Å². The summed E-state index contributed by atoms with van der Waals surface area (Å²) < 4.78 is 0. The van der Waals surface area contributed by atoms with Gasteiger partial charge in [-0.1, -0.05) is 12.1 Å². The third-order valence-electron chi connectivity index (χ3n) is 3.91. The number of likely N-dealkylation sites (N-methyl/N-ethyl adjacent to an activating group) is 2. The monoisotopic (exact) mass is 276 g/mol. The molecule has 0 bridgehead atoms. The molecule has 1 saturated heterocycles. The van der Waals surface area contributed by atoms with Gasteiger partial charge in [-0.05, 0) is 44.1 Å². The van der Waals surface area contributed by atoms with Gasteiger partial charge in [0.1, 0.15) is 0 Å². The zero-order valence-electron chi connectivity index (χ0n) is 12.3. The summed E-state index contributed by atoms with van der Waals surface area (Å²) in [6.45, 7) is 2.57. The quantitative estimate of drug-likeness (QED) is 0.883. The third-order valence-corrected chi connectivity index (χ3v) is 3.91. The van der Waals surface area contributed by atoms with Crippen LogP contribution in [0.4, 0.5) is 10.5 Å². The highest BCUT2D eigenvalue weighted by atomic mass is 16.2. The van der Waals surface area contributed by atoms with Crippen molar-refractivity contribution < 1.29 is 4.79 Å². The van der Waals surface area contributed by atoms with Crippen molar-refractivity contribution in [2.75, 3.05) is 32.5 Å². The predicted octanol–water partition coefficient (Wildman–Crippen LogP) is 1.70. The van der Waals surface area contributed by atoms with E-state index >= 15 is 0 Å². The zero-order valence-corrected chi connectivity index (χ0v) is 12.3. The van der Waals surface area contributed by atoms with Crippen molar-refractivity contribution in [3.63, 3.8) is 0 Å². The Kier molecular flexibility index (Phi) is 4.98. The molecule has 5 nitrogen and oxygen atoms in total. The lowest BCUT2D eigenvalue weighted by Gasteiger charge is -2.35. The molecule has 0 aromatic heterocycles. The van der Waals surface area contributed by atoms with Crippen molar-refractivity contribution in [3.05, 3.63) is 29.8 Å². The summed E-state index contributed by atoms with van der Waals surface area (Å²) in [6.07, 6.45) is 2.21. The Morgan fingerprint density at radius 1 is 1.45 bits per heavy atom. The largest absolute Gasteiger partial charge is 0.326 e. The molecule has 0 radical (unpaired) electrons. The van der Waals surface area contributed by atoms with Crippen LogP contribution in [0.3, 0.4) is 0 Å². The number of carbonyl (C=O) groups excluding carboxylic acids is 1. The molecule has 1 atom stereocenters. The van der Waals surface area contributed by atoms with Gasteiger partial charge in [-0.2, -0.15) is 0 Å². The molecular weight excluding hydrogens is 252 g/mol. The second-order valence-corrected chi connectivity index (χ2v) is 5.50. The van der Waals surface area contributed by atoms with E-state index in [1.54, 1.807) is 0 Å². The third kappa shape index (κ3) is 3.71. The topological polar surface area (TPSA) is 61.6 Å². The van der Waals surface area contributed by atoms with Crippen molar-refractivity contribution in [1.29, 1.82) is 0 Å². The minimum Gasteiger partial charge on any atom is -0.326 e. The van der Waals surface area contributed by atoms with Crippen LogP contribution in [0.5, 0.6) is 0 Å². The smallest absolute Gasteiger partial charge is 0.321 e. The molecule has 5 heteroatoms. The number of nitrogens with two attached hydrogens (primary N) is 1. The van der Waals surface area contributed by atoms with E-state index in [4.69, 9.17) is 5.73 Å². The first-order chi connectivity index (χ1) is 9.60. The van der Waals surface area contributed by atoms with Gasteiger partial charge in [-0.25, -0.2) is 4.79 Å². The molecule has 20 heavy (non-hydrogen) atoms. The van der Waals surface area contributed by atoms with E-state index < -0.39 is 0 Å². The number of hydrogen-bond donors (Lipinski definition) is 2.